The van der Waals surface area contributed by atoms with Crippen LogP contribution in [-0.4, -0.2) is 37.1 Å². The molecule has 132 valence electrons. The number of aliphatic hydroxyl groups excluding tert-OH is 1. The molecule has 8 nitrogen and oxygen atoms in total. The largest absolute Gasteiger partial charge is 0.444 e. The molecule has 0 bridgehead atoms. The second-order valence-electron chi connectivity index (χ2n) is 6.20. The van der Waals surface area contributed by atoms with Gasteiger partial charge in [-0.1, -0.05) is 12.1 Å². The Morgan fingerprint density at radius 1 is 1.46 bits per heavy atom. The molecule has 1 heterocycles. The summed E-state index contributed by atoms with van der Waals surface area (Å²) in [5, 5.41) is 17.2. The van der Waals surface area contributed by atoms with Crippen molar-refractivity contribution in [2.24, 2.45) is 0 Å². The highest BCUT2D eigenvalue weighted by atomic mass is 17.5. The second kappa shape index (κ2) is 7.84. The fourth-order valence-corrected chi connectivity index (χ4v) is 2.22. The fraction of sp³-hybridized carbons (Fsp3) is 0.533. The molecule has 1 amide bonds. The van der Waals surface area contributed by atoms with Crippen molar-refractivity contribution in [2.75, 3.05) is 6.61 Å². The lowest BCUT2D eigenvalue weighted by Gasteiger charge is -2.24. The van der Waals surface area contributed by atoms with E-state index in [-0.39, 0.29) is 7.48 Å². The van der Waals surface area contributed by atoms with Gasteiger partial charge in [0.05, 0.1) is 6.61 Å². The maximum absolute atomic E-state index is 11.8. The summed E-state index contributed by atoms with van der Waals surface area (Å²) < 4.78 is 10.7. The van der Waals surface area contributed by atoms with Gasteiger partial charge in [-0.3, -0.25) is 5.32 Å². The van der Waals surface area contributed by atoms with Crippen LogP contribution in [0.5, 0.6) is 5.75 Å². The summed E-state index contributed by atoms with van der Waals surface area (Å²) in [5.41, 5.74) is 0.749. The Kier molecular flexibility index (Phi) is 6.06. The zero-order valence-electron chi connectivity index (χ0n) is 14.2. The molecule has 0 radical (unpaired) electrons. The van der Waals surface area contributed by atoms with E-state index in [9.17, 15) is 9.90 Å². The number of aliphatic hydroxyl groups is 1. The molecule has 0 aliphatic carbocycles. The zero-order chi connectivity index (χ0) is 17.7. The minimum atomic E-state index is -1.26. The van der Waals surface area contributed by atoms with E-state index in [2.05, 4.69) is 15.2 Å². The molecule has 1 aliphatic rings. The van der Waals surface area contributed by atoms with Crippen molar-refractivity contribution < 1.29 is 34.1 Å². The monoisotopic (exact) mass is 339 g/mol. The Balaban J connectivity index is 2.03. The molecule has 2 rings (SSSR count). The third-order valence-electron chi connectivity index (χ3n) is 3.12. The van der Waals surface area contributed by atoms with Gasteiger partial charge in [-0.2, -0.15) is 4.89 Å². The quantitative estimate of drug-likeness (QED) is 0.261. The highest BCUT2D eigenvalue weighted by molar-refractivity contribution is 6.50. The van der Waals surface area contributed by atoms with Crippen molar-refractivity contribution in [3.63, 3.8) is 0 Å². The van der Waals surface area contributed by atoms with Gasteiger partial charge in [-0.15, -0.1) is 0 Å². The van der Waals surface area contributed by atoms with Crippen LogP contribution >= 0.6 is 0 Å². The minimum absolute atomic E-state index is 0.207. The lowest BCUT2D eigenvalue weighted by atomic mass is 9.85. The van der Waals surface area contributed by atoms with Crippen molar-refractivity contribution in [1.29, 1.82) is 0 Å². The van der Waals surface area contributed by atoms with Gasteiger partial charge in [0.15, 0.2) is 12.0 Å². The molecule has 1 aromatic rings. The van der Waals surface area contributed by atoms with Crippen molar-refractivity contribution in [3.8, 4) is 5.75 Å². The van der Waals surface area contributed by atoms with Gasteiger partial charge in [0.25, 0.3) is 0 Å². The van der Waals surface area contributed by atoms with Crippen LogP contribution in [0.25, 0.3) is 0 Å². The number of carbonyl (C=O) groups is 1. The maximum Gasteiger partial charge on any atom is 0.409 e. The summed E-state index contributed by atoms with van der Waals surface area (Å²) in [5.74, 6) is 0.424. The van der Waals surface area contributed by atoms with Gasteiger partial charge < -0.3 is 19.4 Å². The summed E-state index contributed by atoms with van der Waals surface area (Å²) in [6.07, 6.45) is -2.72. The number of carbonyl (C=O) groups excluding carboxylic acids is 1. The van der Waals surface area contributed by atoms with Crippen molar-refractivity contribution in [3.05, 3.63) is 23.8 Å². The van der Waals surface area contributed by atoms with Crippen molar-refractivity contribution >= 4 is 19.0 Å². The predicted molar refractivity (Wildman–Crippen MR) is 85.8 cm³/mol. The van der Waals surface area contributed by atoms with Gasteiger partial charge in [0, 0.05) is 0 Å². The highest BCUT2D eigenvalue weighted by Gasteiger charge is 2.34. The van der Waals surface area contributed by atoms with E-state index < -0.39 is 24.0 Å². The van der Waals surface area contributed by atoms with Gasteiger partial charge in [0.1, 0.15) is 11.7 Å². The fourth-order valence-electron chi connectivity index (χ4n) is 2.22. The van der Waals surface area contributed by atoms with E-state index in [1.165, 1.54) is 0 Å². The van der Waals surface area contributed by atoms with Crippen LogP contribution in [-0.2, 0) is 19.3 Å². The molecule has 2 atom stereocenters. The van der Waals surface area contributed by atoms with Gasteiger partial charge in [-0.05, 0) is 49.8 Å². The summed E-state index contributed by atoms with van der Waals surface area (Å²) in [7, 11) is 0.207. The molecule has 1 aromatic carbocycles. The van der Waals surface area contributed by atoms with Crippen LogP contribution in [0.15, 0.2) is 18.2 Å². The second-order valence-corrected chi connectivity index (χ2v) is 6.20. The molecule has 1 aliphatic heterocycles. The first-order chi connectivity index (χ1) is 11.3. The normalized spacial score (nSPS) is 17.6. The summed E-state index contributed by atoms with van der Waals surface area (Å²) in [6.45, 7) is 7.32. The van der Waals surface area contributed by atoms with E-state index in [1.807, 2.05) is 0 Å². The van der Waals surface area contributed by atoms with Gasteiger partial charge in [-0.25, -0.2) is 4.79 Å². The summed E-state index contributed by atoms with van der Waals surface area (Å²) >= 11 is 0. The molecule has 2 N–H and O–H groups in total. The summed E-state index contributed by atoms with van der Waals surface area (Å²) in [6, 6.07) is 5.20. The molecule has 0 spiro atoms. The lowest BCUT2D eigenvalue weighted by molar-refractivity contribution is -0.463. The number of fused-ring (bicyclic) bond motifs is 1. The molecule has 2 unspecified atom stereocenters. The third-order valence-corrected chi connectivity index (χ3v) is 3.12. The highest BCUT2D eigenvalue weighted by Crippen LogP contribution is 2.27. The standard InChI is InChI=1S/C15H22BNO7/c1-5-20-24-23-10-8-6-7-9-11(10)16-22-12(9)13(18)17-14(19)21-15(2,3)4/h6-8,12-13,16,18H,5H2,1-4H3,(H,17,19). The van der Waals surface area contributed by atoms with Crippen LogP contribution in [0.2, 0.25) is 0 Å². The molecule has 0 saturated carbocycles. The number of alkyl carbamates (subject to hydrolysis) is 1. The number of nitrogens with one attached hydrogen (secondary N) is 1. The molecule has 0 fully saturated rings. The molecule has 0 aromatic heterocycles. The van der Waals surface area contributed by atoms with Crippen LogP contribution in [0, 0.1) is 0 Å². The Bertz CT molecular complexity index is 575. The first kappa shape index (κ1) is 18.5. The maximum atomic E-state index is 11.8. The molecule has 9 heteroatoms. The number of amides is 1. The first-order valence-electron chi connectivity index (χ1n) is 7.69. The van der Waals surface area contributed by atoms with E-state index in [0.717, 1.165) is 0 Å². The molecule has 0 saturated heterocycles. The number of rotatable bonds is 6. The Hall–Kier alpha value is -1.81. The van der Waals surface area contributed by atoms with Crippen LogP contribution in [0.4, 0.5) is 4.79 Å². The first-order valence-corrected chi connectivity index (χ1v) is 7.69. The molecule has 24 heavy (non-hydrogen) atoms. The predicted octanol–water partition coefficient (Wildman–Crippen LogP) is 0.840. The number of hydrogen-bond donors (Lipinski definition) is 2. The smallest absolute Gasteiger partial charge is 0.409 e. The van der Waals surface area contributed by atoms with E-state index in [4.69, 9.17) is 14.3 Å². The zero-order valence-corrected chi connectivity index (χ0v) is 14.2. The third kappa shape index (κ3) is 4.84. The average molecular weight is 339 g/mol. The minimum Gasteiger partial charge on any atom is -0.444 e. The van der Waals surface area contributed by atoms with E-state index >= 15 is 0 Å². The number of ether oxygens (including phenoxy) is 1. The Morgan fingerprint density at radius 2 is 2.21 bits per heavy atom. The molecular formula is C15H22BNO7. The van der Waals surface area contributed by atoms with E-state index in [1.54, 1.807) is 45.9 Å². The lowest BCUT2D eigenvalue weighted by Crippen LogP contribution is -2.42. The Labute approximate surface area is 141 Å². The average Bonchev–Trinajstić information content (AvgIpc) is 2.90. The van der Waals surface area contributed by atoms with Crippen LogP contribution in [0.1, 0.15) is 39.4 Å². The molecular weight excluding hydrogens is 317 g/mol. The Morgan fingerprint density at radius 3 is 2.88 bits per heavy atom. The van der Waals surface area contributed by atoms with Crippen LogP contribution in [0.3, 0.4) is 0 Å². The number of hydrogen-bond acceptors (Lipinski definition) is 7. The topological polar surface area (TPSA) is 95.5 Å². The van der Waals surface area contributed by atoms with Crippen LogP contribution < -0.4 is 15.7 Å². The van der Waals surface area contributed by atoms with E-state index in [0.29, 0.717) is 23.4 Å². The van der Waals surface area contributed by atoms with Crippen molar-refractivity contribution in [2.45, 2.75) is 45.6 Å². The SMILES string of the molecule is CCOOOc1cccc2c1BOC2C(O)NC(=O)OC(C)(C)C. The number of benzene rings is 1. The van der Waals surface area contributed by atoms with Gasteiger partial charge in [0.2, 0.25) is 0 Å². The van der Waals surface area contributed by atoms with Crippen molar-refractivity contribution in [1.82, 2.24) is 5.32 Å². The van der Waals surface area contributed by atoms with Gasteiger partial charge >= 0.3 is 13.6 Å². The summed E-state index contributed by atoms with van der Waals surface area (Å²) in [4.78, 5) is 21.5.